The normalized spacial score (nSPS) is 13.5. The molecular weight excluding hydrogens is 552 g/mol. The summed E-state index contributed by atoms with van der Waals surface area (Å²) in [6, 6.07) is 5.85. The van der Waals surface area contributed by atoms with E-state index < -0.39 is 66.1 Å². The predicted octanol–water partition coefficient (Wildman–Crippen LogP) is -2.11. The van der Waals surface area contributed by atoms with Crippen molar-refractivity contribution in [2.75, 3.05) is 0 Å². The van der Waals surface area contributed by atoms with E-state index in [2.05, 4.69) is 16.0 Å². The molecule has 0 heterocycles. The number of hydrogen-bond acceptors (Lipinski definition) is 9. The van der Waals surface area contributed by atoms with Crippen molar-refractivity contribution < 1.29 is 44.1 Å². The van der Waals surface area contributed by atoms with Gasteiger partial charge < -0.3 is 48.5 Å². The van der Waals surface area contributed by atoms with Crippen molar-refractivity contribution in [3.05, 3.63) is 59.7 Å². The molecule has 15 nitrogen and oxygen atoms in total. The second-order valence-electron chi connectivity index (χ2n) is 9.54. The highest BCUT2D eigenvalue weighted by molar-refractivity contribution is 5.95. The highest BCUT2D eigenvalue weighted by Gasteiger charge is 2.31. The maximum atomic E-state index is 13.5. The molecule has 0 aromatic heterocycles. The van der Waals surface area contributed by atoms with Crippen LogP contribution in [-0.2, 0) is 41.6 Å². The highest BCUT2D eigenvalue weighted by atomic mass is 16.4. The van der Waals surface area contributed by atoms with E-state index in [0.29, 0.717) is 11.1 Å². The summed E-state index contributed by atoms with van der Waals surface area (Å²) in [7, 11) is 0. The maximum absolute atomic E-state index is 13.5. The molecule has 12 N–H and O–H groups in total. The first-order valence-corrected chi connectivity index (χ1v) is 12.8. The molecule has 0 radical (unpaired) electrons. The smallest absolute Gasteiger partial charge is 0.326 e. The van der Waals surface area contributed by atoms with Gasteiger partial charge in [0.2, 0.25) is 29.5 Å². The van der Waals surface area contributed by atoms with Gasteiger partial charge in [-0.2, -0.15) is 0 Å². The van der Waals surface area contributed by atoms with E-state index in [1.807, 2.05) is 0 Å². The van der Waals surface area contributed by atoms with Crippen molar-refractivity contribution >= 4 is 35.5 Å². The van der Waals surface area contributed by atoms with E-state index in [1.165, 1.54) is 48.5 Å². The van der Waals surface area contributed by atoms with Crippen LogP contribution in [0.15, 0.2) is 48.5 Å². The molecule has 2 aromatic rings. The molecule has 2 rings (SSSR count). The highest BCUT2D eigenvalue weighted by Crippen LogP contribution is 2.14. The Hall–Kier alpha value is -5.18. The molecule has 0 saturated carbocycles. The van der Waals surface area contributed by atoms with Crippen LogP contribution in [0.1, 0.15) is 30.4 Å². The summed E-state index contributed by atoms with van der Waals surface area (Å²) in [5, 5.41) is 35.8. The third-order valence-corrected chi connectivity index (χ3v) is 6.08. The fraction of sp³-hybridized carbons (Fsp3) is 0.333. The molecule has 0 aliphatic rings. The SMILES string of the molecule is NC(=O)CCC(N)C(=O)NC(Cc1ccc(O)cc1)C(=O)NC(Cc1ccc(O)cc1)C(=O)NC(CC(N)=O)C(=O)O. The number of carbonyl (C=O) groups is 6. The van der Waals surface area contributed by atoms with Crippen molar-refractivity contribution in [2.24, 2.45) is 17.2 Å². The number of carboxylic acids is 1. The van der Waals surface area contributed by atoms with Crippen LogP contribution < -0.4 is 33.2 Å². The number of benzene rings is 2. The zero-order valence-electron chi connectivity index (χ0n) is 22.5. The van der Waals surface area contributed by atoms with Gasteiger partial charge in [0.15, 0.2) is 0 Å². The molecule has 42 heavy (non-hydrogen) atoms. The quantitative estimate of drug-likeness (QED) is 0.103. The molecule has 0 saturated heterocycles. The molecule has 15 heteroatoms. The van der Waals surface area contributed by atoms with Gasteiger partial charge in [-0.1, -0.05) is 24.3 Å². The van der Waals surface area contributed by atoms with Gasteiger partial charge in [-0.3, -0.25) is 24.0 Å². The lowest BCUT2D eigenvalue weighted by Gasteiger charge is -2.25. The lowest BCUT2D eigenvalue weighted by Crippen LogP contribution is -2.58. The number of aliphatic carboxylic acids is 1. The average molecular weight is 587 g/mol. The van der Waals surface area contributed by atoms with Crippen LogP contribution in [0.4, 0.5) is 0 Å². The van der Waals surface area contributed by atoms with Gasteiger partial charge in [-0.15, -0.1) is 0 Å². The topological polar surface area (TPSA) is 277 Å². The number of phenols is 2. The Kier molecular flexibility index (Phi) is 12.2. The van der Waals surface area contributed by atoms with Crippen LogP contribution in [0.25, 0.3) is 0 Å². The predicted molar refractivity (Wildman–Crippen MR) is 147 cm³/mol. The molecule has 226 valence electrons. The van der Waals surface area contributed by atoms with E-state index in [9.17, 15) is 44.1 Å². The Labute approximate surface area is 240 Å². The number of nitrogens with two attached hydrogens (primary N) is 3. The van der Waals surface area contributed by atoms with Crippen LogP contribution in [0, 0.1) is 0 Å². The fourth-order valence-corrected chi connectivity index (χ4v) is 3.81. The van der Waals surface area contributed by atoms with Crippen LogP contribution in [-0.4, -0.2) is 75.0 Å². The van der Waals surface area contributed by atoms with Crippen LogP contribution in [0.3, 0.4) is 0 Å². The summed E-state index contributed by atoms with van der Waals surface area (Å²) in [5.41, 5.74) is 17.1. The molecule has 0 fully saturated rings. The van der Waals surface area contributed by atoms with Crippen molar-refractivity contribution in [3.8, 4) is 11.5 Å². The average Bonchev–Trinajstić information content (AvgIpc) is 2.92. The van der Waals surface area contributed by atoms with Gasteiger partial charge in [0.1, 0.15) is 29.6 Å². The third-order valence-electron chi connectivity index (χ3n) is 6.08. The summed E-state index contributed by atoms with van der Waals surface area (Å²) in [6.07, 6.45) is -1.23. The van der Waals surface area contributed by atoms with Crippen LogP contribution in [0.2, 0.25) is 0 Å². The molecule has 2 aromatic carbocycles. The first-order valence-electron chi connectivity index (χ1n) is 12.8. The maximum Gasteiger partial charge on any atom is 0.326 e. The Balaban J connectivity index is 2.34. The monoisotopic (exact) mass is 586 g/mol. The van der Waals surface area contributed by atoms with E-state index in [4.69, 9.17) is 17.2 Å². The lowest BCUT2D eigenvalue weighted by molar-refractivity contribution is -0.143. The van der Waals surface area contributed by atoms with Crippen molar-refractivity contribution in [2.45, 2.75) is 56.3 Å². The summed E-state index contributed by atoms with van der Waals surface area (Å²) in [4.78, 5) is 73.4. The molecule has 5 amide bonds. The fourth-order valence-electron chi connectivity index (χ4n) is 3.81. The van der Waals surface area contributed by atoms with Gasteiger partial charge in [-0.05, 0) is 41.8 Å². The molecule has 0 bridgehead atoms. The van der Waals surface area contributed by atoms with Crippen LogP contribution in [0.5, 0.6) is 11.5 Å². The standard InChI is InChI=1S/C27H34N6O9/c28-18(9-10-22(29)36)24(38)31-19(11-14-1-5-16(34)6-2-14)25(39)32-20(12-15-3-7-17(35)8-4-15)26(40)33-21(27(41)42)13-23(30)37/h1-8,18-21,34-35H,9-13,28H2,(H2,29,36)(H2,30,37)(H,31,38)(H,32,39)(H,33,40)(H,41,42). The minimum absolute atomic E-state index is 0.0353. The van der Waals surface area contributed by atoms with E-state index >= 15 is 0 Å². The van der Waals surface area contributed by atoms with E-state index in [-0.39, 0.29) is 37.2 Å². The molecule has 0 aliphatic carbocycles. The zero-order chi connectivity index (χ0) is 31.4. The Morgan fingerprint density at radius 3 is 1.43 bits per heavy atom. The number of amides is 5. The first-order chi connectivity index (χ1) is 19.7. The van der Waals surface area contributed by atoms with E-state index in [0.717, 1.165) is 0 Å². The summed E-state index contributed by atoms with van der Waals surface area (Å²) >= 11 is 0. The molecular formula is C27H34N6O9. The number of carboxylic acid groups (broad SMARTS) is 1. The Morgan fingerprint density at radius 2 is 1.05 bits per heavy atom. The molecule has 4 unspecified atom stereocenters. The van der Waals surface area contributed by atoms with Gasteiger partial charge >= 0.3 is 5.97 Å². The largest absolute Gasteiger partial charge is 0.508 e. The van der Waals surface area contributed by atoms with Gasteiger partial charge in [0, 0.05) is 19.3 Å². The molecule has 0 aliphatic heterocycles. The second kappa shape index (κ2) is 15.6. The first kappa shape index (κ1) is 33.0. The number of phenolic OH excluding ortho intramolecular Hbond substituents is 2. The number of aromatic hydroxyl groups is 2. The van der Waals surface area contributed by atoms with Gasteiger partial charge in [-0.25, -0.2) is 4.79 Å². The number of nitrogens with one attached hydrogen (secondary N) is 3. The van der Waals surface area contributed by atoms with Crippen LogP contribution >= 0.6 is 0 Å². The minimum atomic E-state index is -1.68. The minimum Gasteiger partial charge on any atom is -0.508 e. The summed E-state index contributed by atoms with van der Waals surface area (Å²) in [6.45, 7) is 0. The Morgan fingerprint density at radius 1 is 0.643 bits per heavy atom. The third kappa shape index (κ3) is 11.1. The Bertz CT molecular complexity index is 1280. The summed E-state index contributed by atoms with van der Waals surface area (Å²) < 4.78 is 0. The van der Waals surface area contributed by atoms with Crippen molar-refractivity contribution in [3.63, 3.8) is 0 Å². The second-order valence-corrected chi connectivity index (χ2v) is 9.54. The lowest BCUT2D eigenvalue weighted by atomic mass is 10.0. The summed E-state index contributed by atoms with van der Waals surface area (Å²) in [5.74, 6) is -5.85. The molecule has 0 spiro atoms. The number of carbonyl (C=O) groups excluding carboxylic acids is 5. The van der Waals surface area contributed by atoms with Crippen molar-refractivity contribution in [1.29, 1.82) is 0 Å². The van der Waals surface area contributed by atoms with Gasteiger partial charge in [0.05, 0.1) is 12.5 Å². The van der Waals surface area contributed by atoms with Crippen molar-refractivity contribution in [1.82, 2.24) is 16.0 Å². The zero-order valence-corrected chi connectivity index (χ0v) is 22.5. The van der Waals surface area contributed by atoms with Gasteiger partial charge in [0.25, 0.3) is 0 Å². The van der Waals surface area contributed by atoms with E-state index in [1.54, 1.807) is 0 Å². The number of hydrogen-bond donors (Lipinski definition) is 9. The number of rotatable bonds is 16. The molecule has 4 atom stereocenters. The number of primary amides is 2.